The molecule has 0 amide bonds. The molecule has 84 valence electrons. The van der Waals surface area contributed by atoms with Crippen LogP contribution in [0, 0.1) is 0 Å². The van der Waals surface area contributed by atoms with E-state index in [1.807, 2.05) is 0 Å². The monoisotopic (exact) mass is 257 g/mol. The van der Waals surface area contributed by atoms with Gasteiger partial charge in [0.2, 0.25) is 0 Å². The van der Waals surface area contributed by atoms with Crippen molar-refractivity contribution >= 4 is 23.2 Å². The zero-order valence-electron chi connectivity index (χ0n) is 8.24. The molecule has 4 nitrogen and oxygen atoms in total. The molecule has 2 aromatic rings. The summed E-state index contributed by atoms with van der Waals surface area (Å²) in [5.41, 5.74) is 0.798. The summed E-state index contributed by atoms with van der Waals surface area (Å²) in [7, 11) is 0. The second-order valence-electron chi connectivity index (χ2n) is 3.23. The Morgan fingerprint density at radius 1 is 1.25 bits per heavy atom. The quantitative estimate of drug-likeness (QED) is 0.887. The van der Waals surface area contributed by atoms with Crippen LogP contribution in [0.25, 0.3) is 0 Å². The summed E-state index contributed by atoms with van der Waals surface area (Å²) in [5.74, 6) is 0.984. The molecule has 0 unspecified atom stereocenters. The Bertz CT molecular complexity index is 478. The summed E-state index contributed by atoms with van der Waals surface area (Å²) >= 11 is 12.0. The van der Waals surface area contributed by atoms with Crippen LogP contribution >= 0.6 is 23.2 Å². The van der Waals surface area contributed by atoms with Gasteiger partial charge in [-0.2, -0.15) is 5.10 Å². The maximum absolute atomic E-state index is 8.83. The SMILES string of the molecule is OCc1n[nH]c(Cc2c(Cl)cccc2Cl)n1. The Morgan fingerprint density at radius 3 is 2.50 bits per heavy atom. The van der Waals surface area contributed by atoms with Crippen molar-refractivity contribution in [2.45, 2.75) is 13.0 Å². The Morgan fingerprint density at radius 2 is 1.94 bits per heavy atom. The van der Waals surface area contributed by atoms with Gasteiger partial charge in [-0.1, -0.05) is 29.3 Å². The number of hydrogen-bond acceptors (Lipinski definition) is 3. The highest BCUT2D eigenvalue weighted by Gasteiger charge is 2.09. The normalized spacial score (nSPS) is 10.7. The first-order valence-electron chi connectivity index (χ1n) is 4.64. The Balaban J connectivity index is 2.26. The van der Waals surface area contributed by atoms with E-state index < -0.39 is 0 Å². The molecule has 2 N–H and O–H groups in total. The lowest BCUT2D eigenvalue weighted by molar-refractivity contribution is 0.272. The van der Waals surface area contributed by atoms with E-state index in [0.29, 0.717) is 28.1 Å². The first kappa shape index (κ1) is 11.4. The number of benzene rings is 1. The maximum Gasteiger partial charge on any atom is 0.176 e. The van der Waals surface area contributed by atoms with Crippen LogP contribution in [-0.2, 0) is 13.0 Å². The van der Waals surface area contributed by atoms with Crippen molar-refractivity contribution in [3.63, 3.8) is 0 Å². The van der Waals surface area contributed by atoms with Gasteiger partial charge in [0.15, 0.2) is 5.82 Å². The van der Waals surface area contributed by atoms with Gasteiger partial charge < -0.3 is 5.11 Å². The van der Waals surface area contributed by atoms with Gasteiger partial charge in [-0.05, 0) is 17.7 Å². The Hall–Kier alpha value is -1.10. The summed E-state index contributed by atoms with van der Waals surface area (Å²) in [6.07, 6.45) is 0.464. The molecular weight excluding hydrogens is 249 g/mol. The minimum atomic E-state index is -0.188. The van der Waals surface area contributed by atoms with Crippen molar-refractivity contribution < 1.29 is 5.11 Å². The van der Waals surface area contributed by atoms with Crippen LogP contribution in [0.5, 0.6) is 0 Å². The highest BCUT2D eigenvalue weighted by Crippen LogP contribution is 2.25. The Labute approximate surface area is 102 Å². The van der Waals surface area contributed by atoms with Crippen LogP contribution in [0.4, 0.5) is 0 Å². The van der Waals surface area contributed by atoms with Crippen molar-refractivity contribution in [1.29, 1.82) is 0 Å². The van der Waals surface area contributed by atoms with Gasteiger partial charge in [-0.15, -0.1) is 0 Å². The fourth-order valence-corrected chi connectivity index (χ4v) is 1.88. The largest absolute Gasteiger partial charge is 0.388 e. The summed E-state index contributed by atoms with van der Waals surface area (Å²) in [4.78, 5) is 4.07. The molecule has 0 aliphatic heterocycles. The van der Waals surface area contributed by atoms with Gasteiger partial charge in [0.1, 0.15) is 12.4 Å². The lowest BCUT2D eigenvalue weighted by Gasteiger charge is -2.03. The number of aliphatic hydroxyl groups excluding tert-OH is 1. The van der Waals surface area contributed by atoms with Gasteiger partial charge in [0.25, 0.3) is 0 Å². The first-order chi connectivity index (χ1) is 7.70. The van der Waals surface area contributed by atoms with Crippen LogP contribution in [0.2, 0.25) is 10.0 Å². The van der Waals surface area contributed by atoms with E-state index in [9.17, 15) is 0 Å². The molecule has 0 bridgehead atoms. The summed E-state index contributed by atoms with van der Waals surface area (Å²) in [5, 5.41) is 16.6. The fourth-order valence-electron chi connectivity index (χ4n) is 1.35. The van der Waals surface area contributed by atoms with Crippen LogP contribution < -0.4 is 0 Å². The van der Waals surface area contributed by atoms with Gasteiger partial charge in [0.05, 0.1) is 0 Å². The molecule has 0 aliphatic rings. The van der Waals surface area contributed by atoms with E-state index in [-0.39, 0.29) is 6.61 Å². The van der Waals surface area contributed by atoms with Gasteiger partial charge in [0, 0.05) is 16.5 Å². The van der Waals surface area contributed by atoms with Crippen molar-refractivity contribution in [1.82, 2.24) is 15.2 Å². The van der Waals surface area contributed by atoms with Gasteiger partial charge in [-0.25, -0.2) is 4.98 Å². The molecule has 0 atom stereocenters. The summed E-state index contributed by atoms with van der Waals surface area (Å²) in [6, 6.07) is 5.33. The lowest BCUT2D eigenvalue weighted by atomic mass is 10.1. The fraction of sp³-hybridized carbons (Fsp3) is 0.200. The maximum atomic E-state index is 8.83. The molecule has 1 heterocycles. The van der Waals surface area contributed by atoms with E-state index in [4.69, 9.17) is 28.3 Å². The molecule has 0 radical (unpaired) electrons. The average molecular weight is 258 g/mol. The predicted molar refractivity (Wildman–Crippen MR) is 61.6 cm³/mol. The number of aromatic amines is 1. The average Bonchev–Trinajstić information content (AvgIpc) is 2.71. The molecule has 0 spiro atoms. The number of H-pyrrole nitrogens is 1. The predicted octanol–water partition coefficient (Wildman–Crippen LogP) is 2.19. The van der Waals surface area contributed by atoms with Gasteiger partial charge in [-0.3, -0.25) is 5.10 Å². The third-order valence-corrected chi connectivity index (χ3v) is 2.83. The number of hydrogen-bond donors (Lipinski definition) is 2. The molecule has 0 aliphatic carbocycles. The highest BCUT2D eigenvalue weighted by molar-refractivity contribution is 6.36. The third kappa shape index (κ3) is 2.35. The van der Waals surface area contributed by atoms with Crippen molar-refractivity contribution in [3.8, 4) is 0 Å². The number of halogens is 2. The van der Waals surface area contributed by atoms with Gasteiger partial charge >= 0.3 is 0 Å². The Kier molecular flexibility index (Phi) is 3.43. The van der Waals surface area contributed by atoms with Crippen molar-refractivity contribution in [2.24, 2.45) is 0 Å². The van der Waals surface area contributed by atoms with Crippen LogP contribution in [-0.4, -0.2) is 20.3 Å². The van der Waals surface area contributed by atoms with Crippen LogP contribution in [0.3, 0.4) is 0 Å². The smallest absolute Gasteiger partial charge is 0.176 e. The molecule has 0 saturated carbocycles. The minimum absolute atomic E-state index is 0.188. The molecule has 0 fully saturated rings. The van der Waals surface area contributed by atoms with E-state index in [0.717, 1.165) is 5.56 Å². The van der Waals surface area contributed by atoms with E-state index in [2.05, 4.69) is 15.2 Å². The number of nitrogens with one attached hydrogen (secondary N) is 1. The lowest BCUT2D eigenvalue weighted by Crippen LogP contribution is -1.93. The molecule has 6 heteroatoms. The van der Waals surface area contributed by atoms with E-state index >= 15 is 0 Å². The molecule has 16 heavy (non-hydrogen) atoms. The van der Waals surface area contributed by atoms with Crippen LogP contribution in [0.15, 0.2) is 18.2 Å². The van der Waals surface area contributed by atoms with Crippen molar-refractivity contribution in [2.75, 3.05) is 0 Å². The first-order valence-corrected chi connectivity index (χ1v) is 5.40. The number of rotatable bonds is 3. The zero-order valence-corrected chi connectivity index (χ0v) is 9.76. The highest BCUT2D eigenvalue weighted by atomic mass is 35.5. The topological polar surface area (TPSA) is 61.8 Å². The molecule has 1 aromatic heterocycles. The second-order valence-corrected chi connectivity index (χ2v) is 4.05. The van der Waals surface area contributed by atoms with E-state index in [1.54, 1.807) is 18.2 Å². The third-order valence-electron chi connectivity index (χ3n) is 2.13. The summed E-state index contributed by atoms with van der Waals surface area (Å²) < 4.78 is 0. The number of nitrogens with zero attached hydrogens (tertiary/aromatic N) is 2. The molecule has 2 rings (SSSR count). The number of aliphatic hydroxyl groups is 1. The second kappa shape index (κ2) is 4.82. The minimum Gasteiger partial charge on any atom is -0.388 e. The molecule has 1 aromatic carbocycles. The number of aromatic nitrogens is 3. The molecule has 0 saturated heterocycles. The van der Waals surface area contributed by atoms with Crippen LogP contribution in [0.1, 0.15) is 17.2 Å². The van der Waals surface area contributed by atoms with E-state index in [1.165, 1.54) is 0 Å². The molecular formula is C10H9Cl2N3O. The standard InChI is InChI=1S/C10H9Cl2N3O/c11-7-2-1-3-8(12)6(7)4-9-13-10(5-16)15-14-9/h1-3,16H,4-5H2,(H,13,14,15). The van der Waals surface area contributed by atoms with Crippen molar-refractivity contribution in [3.05, 3.63) is 45.5 Å². The zero-order chi connectivity index (χ0) is 11.5. The summed E-state index contributed by atoms with van der Waals surface area (Å²) in [6.45, 7) is -0.188.